The van der Waals surface area contributed by atoms with Gasteiger partial charge in [-0.05, 0) is 53.6 Å². The van der Waals surface area contributed by atoms with Crippen LogP contribution in [0.15, 0.2) is 42.5 Å². The summed E-state index contributed by atoms with van der Waals surface area (Å²) in [6.45, 7) is 8.05. The Bertz CT molecular complexity index is 768. The third-order valence-electron chi connectivity index (χ3n) is 6.08. The van der Waals surface area contributed by atoms with Crippen LogP contribution < -0.4 is 0 Å². The van der Waals surface area contributed by atoms with E-state index in [1.165, 1.54) is 28.7 Å². The third-order valence-corrected chi connectivity index (χ3v) is 6.32. The van der Waals surface area contributed by atoms with Crippen LogP contribution in [-0.4, -0.2) is 11.4 Å². The van der Waals surface area contributed by atoms with Gasteiger partial charge < -0.3 is 0 Å². The van der Waals surface area contributed by atoms with Crippen molar-refractivity contribution in [2.24, 2.45) is 0 Å². The van der Waals surface area contributed by atoms with Crippen LogP contribution in [0.4, 0.5) is 0 Å². The standard InChI is InChI=1S/C21H24ClN/c1-4-13-23-20(5-2)16-9-7-8-10-17(16)21(23,6-3)19-14-15(22)11-12-18(19)20/h7-12,14H,4-6,13H2,1-3H3. The molecule has 0 spiro atoms. The lowest BCUT2D eigenvalue weighted by atomic mass is 9.71. The fourth-order valence-corrected chi connectivity index (χ4v) is 5.54. The van der Waals surface area contributed by atoms with Gasteiger partial charge in [-0.2, -0.15) is 0 Å². The predicted molar refractivity (Wildman–Crippen MR) is 97.0 cm³/mol. The van der Waals surface area contributed by atoms with Crippen molar-refractivity contribution in [2.45, 2.75) is 51.1 Å². The number of benzene rings is 2. The third kappa shape index (κ3) is 1.58. The monoisotopic (exact) mass is 325 g/mol. The summed E-state index contributed by atoms with van der Waals surface area (Å²) < 4.78 is 0. The molecular weight excluding hydrogens is 302 g/mol. The summed E-state index contributed by atoms with van der Waals surface area (Å²) in [5.41, 5.74) is 5.91. The van der Waals surface area contributed by atoms with E-state index in [9.17, 15) is 0 Å². The van der Waals surface area contributed by atoms with Crippen LogP contribution in [0.25, 0.3) is 0 Å². The second-order valence-electron chi connectivity index (χ2n) is 6.81. The molecule has 4 rings (SSSR count). The Hall–Kier alpha value is -1.31. The second-order valence-corrected chi connectivity index (χ2v) is 7.25. The van der Waals surface area contributed by atoms with E-state index in [-0.39, 0.29) is 11.1 Å². The fourth-order valence-electron chi connectivity index (χ4n) is 5.37. The lowest BCUT2D eigenvalue weighted by molar-refractivity contribution is 0.0686. The highest BCUT2D eigenvalue weighted by Gasteiger charge is 2.64. The van der Waals surface area contributed by atoms with Crippen molar-refractivity contribution in [3.8, 4) is 0 Å². The molecule has 0 amide bonds. The van der Waals surface area contributed by atoms with Crippen molar-refractivity contribution < 1.29 is 0 Å². The first-order valence-corrected chi connectivity index (χ1v) is 9.22. The van der Waals surface area contributed by atoms with Gasteiger partial charge in [0.1, 0.15) is 0 Å². The van der Waals surface area contributed by atoms with Crippen LogP contribution >= 0.6 is 11.6 Å². The normalized spacial score (nSPS) is 28.0. The highest BCUT2D eigenvalue weighted by Crippen LogP contribution is 2.65. The van der Waals surface area contributed by atoms with E-state index in [2.05, 4.69) is 68.1 Å². The number of fused-ring (bicyclic) bond motifs is 8. The van der Waals surface area contributed by atoms with Crippen LogP contribution in [0.5, 0.6) is 0 Å². The molecule has 0 aromatic heterocycles. The van der Waals surface area contributed by atoms with Gasteiger partial charge >= 0.3 is 0 Å². The largest absolute Gasteiger partial charge is 0.276 e. The van der Waals surface area contributed by atoms with Crippen molar-refractivity contribution in [2.75, 3.05) is 6.54 Å². The van der Waals surface area contributed by atoms with Crippen LogP contribution in [0.1, 0.15) is 62.3 Å². The van der Waals surface area contributed by atoms with E-state index in [0.717, 1.165) is 24.4 Å². The van der Waals surface area contributed by atoms with Crippen molar-refractivity contribution in [3.63, 3.8) is 0 Å². The molecule has 2 unspecified atom stereocenters. The highest BCUT2D eigenvalue weighted by molar-refractivity contribution is 6.30. The average molecular weight is 326 g/mol. The molecule has 2 atom stereocenters. The van der Waals surface area contributed by atoms with E-state index in [4.69, 9.17) is 11.6 Å². The number of hydrogen-bond donors (Lipinski definition) is 0. The maximum Gasteiger partial charge on any atom is 0.0730 e. The Kier molecular flexibility index (Phi) is 3.37. The number of hydrogen-bond acceptors (Lipinski definition) is 1. The van der Waals surface area contributed by atoms with E-state index in [1.807, 2.05) is 0 Å². The first-order valence-electron chi connectivity index (χ1n) is 8.85. The van der Waals surface area contributed by atoms with Gasteiger partial charge in [0, 0.05) is 11.6 Å². The van der Waals surface area contributed by atoms with Gasteiger partial charge in [0.15, 0.2) is 0 Å². The molecule has 0 radical (unpaired) electrons. The molecule has 2 bridgehead atoms. The predicted octanol–water partition coefficient (Wildman–Crippen LogP) is 5.69. The maximum absolute atomic E-state index is 6.40. The Morgan fingerprint density at radius 1 is 0.826 bits per heavy atom. The number of halogens is 1. The molecule has 2 heteroatoms. The smallest absolute Gasteiger partial charge is 0.0730 e. The summed E-state index contributed by atoms with van der Waals surface area (Å²) in [5.74, 6) is 0. The van der Waals surface area contributed by atoms with Crippen molar-refractivity contribution in [1.29, 1.82) is 0 Å². The molecule has 0 N–H and O–H groups in total. The van der Waals surface area contributed by atoms with E-state index < -0.39 is 0 Å². The minimum atomic E-state index is -0.0111. The molecular formula is C21H24ClN. The molecule has 0 fully saturated rings. The van der Waals surface area contributed by atoms with Crippen LogP contribution in [0, 0.1) is 0 Å². The quantitative estimate of drug-likeness (QED) is 0.698. The van der Waals surface area contributed by atoms with E-state index in [1.54, 1.807) is 0 Å². The Morgan fingerprint density at radius 2 is 1.39 bits per heavy atom. The summed E-state index contributed by atoms with van der Waals surface area (Å²) in [6, 6.07) is 15.6. The average Bonchev–Trinajstić information content (AvgIpc) is 2.96. The van der Waals surface area contributed by atoms with Crippen LogP contribution in [0.2, 0.25) is 5.02 Å². The number of rotatable bonds is 4. The molecule has 2 aliphatic rings. The number of nitrogens with zero attached hydrogens (tertiary/aromatic N) is 1. The summed E-state index contributed by atoms with van der Waals surface area (Å²) in [4.78, 5) is 2.77. The molecule has 0 saturated carbocycles. The topological polar surface area (TPSA) is 3.24 Å². The minimum absolute atomic E-state index is 0.0111. The Labute approximate surface area is 144 Å². The highest BCUT2D eigenvalue weighted by atomic mass is 35.5. The fraction of sp³-hybridized carbons (Fsp3) is 0.429. The minimum Gasteiger partial charge on any atom is -0.276 e. The van der Waals surface area contributed by atoms with Gasteiger partial charge in [0.2, 0.25) is 0 Å². The van der Waals surface area contributed by atoms with E-state index in [0.29, 0.717) is 0 Å². The van der Waals surface area contributed by atoms with Gasteiger partial charge in [0.25, 0.3) is 0 Å². The summed E-state index contributed by atoms with van der Waals surface area (Å²) in [6.07, 6.45) is 3.35. The molecule has 2 aliphatic heterocycles. The summed E-state index contributed by atoms with van der Waals surface area (Å²) >= 11 is 6.40. The maximum atomic E-state index is 6.40. The summed E-state index contributed by atoms with van der Waals surface area (Å²) in [7, 11) is 0. The molecule has 2 aromatic rings. The molecule has 2 heterocycles. The molecule has 0 aliphatic carbocycles. The Balaban J connectivity index is 2.12. The first-order chi connectivity index (χ1) is 11.2. The van der Waals surface area contributed by atoms with Gasteiger partial charge in [-0.1, -0.05) is 62.7 Å². The van der Waals surface area contributed by atoms with Crippen molar-refractivity contribution in [1.82, 2.24) is 4.90 Å². The molecule has 23 heavy (non-hydrogen) atoms. The molecule has 1 nitrogen and oxygen atoms in total. The van der Waals surface area contributed by atoms with Crippen LogP contribution in [0.3, 0.4) is 0 Å². The zero-order valence-electron chi connectivity index (χ0n) is 14.2. The van der Waals surface area contributed by atoms with Crippen molar-refractivity contribution in [3.05, 3.63) is 69.7 Å². The van der Waals surface area contributed by atoms with Gasteiger partial charge in [-0.25, -0.2) is 0 Å². The lowest BCUT2D eigenvalue weighted by Gasteiger charge is -2.40. The molecule has 2 aromatic carbocycles. The van der Waals surface area contributed by atoms with Crippen LogP contribution in [-0.2, 0) is 11.1 Å². The van der Waals surface area contributed by atoms with Gasteiger partial charge in [0.05, 0.1) is 11.1 Å². The molecule has 120 valence electrons. The Morgan fingerprint density at radius 3 is 1.96 bits per heavy atom. The summed E-state index contributed by atoms with van der Waals surface area (Å²) in [5, 5.41) is 0.851. The first kappa shape index (κ1) is 15.2. The SMILES string of the molecule is CCCN1C2(CC)c3ccccc3C1(CC)c1cc(Cl)ccc12. The van der Waals surface area contributed by atoms with Crippen molar-refractivity contribution >= 4 is 11.6 Å². The van der Waals surface area contributed by atoms with E-state index >= 15 is 0 Å². The zero-order chi connectivity index (χ0) is 16.2. The molecule has 0 saturated heterocycles. The van der Waals surface area contributed by atoms with Gasteiger partial charge in [-0.3, -0.25) is 4.90 Å². The zero-order valence-corrected chi connectivity index (χ0v) is 15.0. The second kappa shape index (κ2) is 5.09. The lowest BCUT2D eigenvalue weighted by Crippen LogP contribution is -2.45. The van der Waals surface area contributed by atoms with Gasteiger partial charge in [-0.15, -0.1) is 0 Å².